The van der Waals surface area contributed by atoms with Crippen LogP contribution in [0.5, 0.6) is 0 Å². The molecule has 0 aliphatic rings. The predicted octanol–water partition coefficient (Wildman–Crippen LogP) is -0.149. The van der Waals surface area contributed by atoms with E-state index < -0.39 is 32.2 Å². The molecule has 0 aromatic carbocycles. The van der Waals surface area contributed by atoms with Crippen LogP contribution in [0.1, 0.15) is 59.3 Å². The first-order valence-corrected chi connectivity index (χ1v) is 7.76. The van der Waals surface area contributed by atoms with Gasteiger partial charge in [-0.1, -0.05) is 46.5 Å². The number of aliphatic hydroxyl groups excluding tert-OH is 3. The Balaban J connectivity index is -0.000000284. The molecule has 0 atom stereocenters. The van der Waals surface area contributed by atoms with Crippen LogP contribution in [0.4, 0.5) is 4.79 Å². The van der Waals surface area contributed by atoms with Gasteiger partial charge in [0.25, 0.3) is 5.97 Å². The molecule has 0 aliphatic carbocycles. The lowest BCUT2D eigenvalue weighted by Gasteiger charge is -2.15. The number of amides is 2. The van der Waals surface area contributed by atoms with Crippen LogP contribution in [-0.4, -0.2) is 67.7 Å². The van der Waals surface area contributed by atoms with Crippen LogP contribution in [-0.2, 0) is 0 Å². The van der Waals surface area contributed by atoms with Gasteiger partial charge in [0, 0.05) is 6.42 Å². The number of urea groups is 1. The zero-order valence-electron chi connectivity index (χ0n) is 14.4. The third-order valence-electron chi connectivity index (χ3n) is 2.47. The highest BCUT2D eigenvalue weighted by atomic mass is 16.7. The van der Waals surface area contributed by atoms with Gasteiger partial charge < -0.3 is 36.0 Å². The molecule has 0 unspecified atom stereocenters. The minimum Gasteiger partial charge on any atom is -0.376 e. The normalized spacial score (nSPS) is 9.96. The number of nitrogens with one attached hydrogen (secondary N) is 1. The Morgan fingerprint density at radius 1 is 0.913 bits per heavy atom. The number of unbranched alkanes of at least 4 members (excludes halogenated alkanes) is 3. The van der Waals surface area contributed by atoms with Gasteiger partial charge in [-0.05, 0) is 6.42 Å². The molecule has 7 N–H and O–H groups in total. The van der Waals surface area contributed by atoms with E-state index in [0.717, 1.165) is 12.8 Å². The lowest BCUT2D eigenvalue weighted by Crippen LogP contribution is -2.41. The molecule has 0 aromatic heterocycles. The van der Waals surface area contributed by atoms with Crippen molar-refractivity contribution in [2.75, 3.05) is 20.2 Å². The van der Waals surface area contributed by atoms with E-state index in [2.05, 4.69) is 13.8 Å². The minimum absolute atomic E-state index is 0.0425. The highest BCUT2D eigenvalue weighted by Gasteiger charge is 2.15. The molecule has 2 amide bonds. The number of rotatable bonds is 8. The van der Waals surface area contributed by atoms with Crippen molar-refractivity contribution < 1.29 is 35.4 Å². The maximum atomic E-state index is 10.5. The van der Waals surface area contributed by atoms with Gasteiger partial charge in [0.1, 0.15) is 20.2 Å². The van der Waals surface area contributed by atoms with Gasteiger partial charge in [-0.15, -0.1) is 0 Å². The Labute approximate surface area is 138 Å². The summed E-state index contributed by atoms with van der Waals surface area (Å²) in [6.45, 7) is 4.69. The summed E-state index contributed by atoms with van der Waals surface area (Å²) in [7, 11) is 0. The Hall–Kier alpha value is -0.970. The highest BCUT2D eigenvalue weighted by Crippen LogP contribution is 2.07. The Kier molecular flexibility index (Phi) is 22.3. The number of nitrogens with zero attached hydrogens (tertiary/aromatic N) is 1. The van der Waals surface area contributed by atoms with Crippen molar-refractivity contribution in [3.8, 4) is 0 Å². The third-order valence-corrected chi connectivity index (χ3v) is 2.47. The van der Waals surface area contributed by atoms with Crippen molar-refractivity contribution in [3.05, 3.63) is 0 Å². The van der Waals surface area contributed by atoms with E-state index in [9.17, 15) is 4.79 Å². The van der Waals surface area contributed by atoms with E-state index in [0.29, 0.717) is 11.3 Å². The fourth-order valence-electron chi connectivity index (χ4n) is 0.965. The van der Waals surface area contributed by atoms with Crippen molar-refractivity contribution in [2.45, 2.75) is 65.3 Å². The molecule has 0 spiro atoms. The molecular formula is C14H34N2O7. The van der Waals surface area contributed by atoms with Crippen LogP contribution >= 0.6 is 0 Å². The maximum absolute atomic E-state index is 10.5. The fraction of sp³-hybridized carbons (Fsp3) is 0.929. The minimum atomic E-state index is -2.45. The second-order valence-electron chi connectivity index (χ2n) is 4.69. The molecule has 142 valence electrons. The van der Waals surface area contributed by atoms with Crippen LogP contribution in [0, 0.1) is 0 Å². The highest BCUT2D eigenvalue weighted by molar-refractivity contribution is 5.73. The summed E-state index contributed by atoms with van der Waals surface area (Å²) >= 11 is 0. The van der Waals surface area contributed by atoms with Crippen LogP contribution in [0.3, 0.4) is 0 Å². The first-order valence-electron chi connectivity index (χ1n) is 7.76. The number of aliphatic hydroxyl groups is 6. The second kappa shape index (κ2) is 19.1. The smallest absolute Gasteiger partial charge is 0.322 e. The average Bonchev–Trinajstić information content (AvgIpc) is 2.49. The summed E-state index contributed by atoms with van der Waals surface area (Å²) < 4.78 is 0. The van der Waals surface area contributed by atoms with Gasteiger partial charge in [0.15, 0.2) is 0 Å². The second-order valence-corrected chi connectivity index (χ2v) is 4.69. The summed E-state index contributed by atoms with van der Waals surface area (Å²) in [6.07, 6.45) is 5.26. The first kappa shape index (κ1) is 26.9. The van der Waals surface area contributed by atoms with Gasteiger partial charge >= 0.3 is 6.03 Å². The molecule has 0 radical (unpaired) electrons. The van der Waals surface area contributed by atoms with Crippen molar-refractivity contribution in [1.82, 2.24) is 10.2 Å². The Morgan fingerprint density at radius 3 is 1.65 bits per heavy atom. The van der Waals surface area contributed by atoms with Crippen molar-refractivity contribution in [1.29, 1.82) is 0 Å². The topological polar surface area (TPSA) is 154 Å². The fourth-order valence-corrected chi connectivity index (χ4v) is 0.965. The first-order chi connectivity index (χ1) is 10.7. The quantitative estimate of drug-likeness (QED) is 0.239. The molecule has 0 saturated heterocycles. The van der Waals surface area contributed by atoms with E-state index in [1.165, 1.54) is 12.8 Å². The summed E-state index contributed by atoms with van der Waals surface area (Å²) in [5.41, 5.74) is 0. The number of carbonyl (C=O) groups is 1. The summed E-state index contributed by atoms with van der Waals surface area (Å²) in [5, 5.41) is 51.9. The van der Waals surface area contributed by atoms with Crippen LogP contribution < -0.4 is 5.32 Å². The number of carbonyl (C=O) groups excluding carboxylic acids is 1. The van der Waals surface area contributed by atoms with E-state index in [1.807, 2.05) is 12.2 Å². The van der Waals surface area contributed by atoms with Crippen molar-refractivity contribution >= 4 is 6.03 Å². The van der Waals surface area contributed by atoms with E-state index >= 15 is 0 Å². The Bertz CT molecular complexity index is 242. The molecule has 0 fully saturated rings. The lowest BCUT2D eigenvalue weighted by atomic mass is 10.2. The molecule has 0 aromatic rings. The van der Waals surface area contributed by atoms with Gasteiger partial charge in [-0.2, -0.15) is 0 Å². The molecule has 0 bridgehead atoms. The van der Waals surface area contributed by atoms with E-state index in [4.69, 9.17) is 30.6 Å². The zero-order valence-corrected chi connectivity index (χ0v) is 14.4. The zero-order chi connectivity index (χ0) is 18.7. The van der Waals surface area contributed by atoms with Gasteiger partial charge in [-0.25, -0.2) is 4.79 Å². The average molecular weight is 342 g/mol. The SMILES string of the molecule is CCCC.CCCCCC(O)(O)O.O=C(NCO)N(CO)CO. The van der Waals surface area contributed by atoms with Crippen LogP contribution in [0.2, 0.25) is 0 Å². The summed E-state index contributed by atoms with van der Waals surface area (Å²) in [4.78, 5) is 11.2. The van der Waals surface area contributed by atoms with Gasteiger partial charge in [-0.3, -0.25) is 4.90 Å². The standard InChI is InChI=1S/C6H14O3.C4H10N2O4.C4H10/c1-2-3-4-5-6(7,8)9;7-1-5-4(10)6(2-8)3-9;1-3-4-2/h7-9H,2-5H2,1H3;7-9H,1-3H2,(H,5,10);3-4H2,1-2H3. The summed E-state index contributed by atoms with van der Waals surface area (Å²) in [6, 6.07) is -0.715. The van der Waals surface area contributed by atoms with Gasteiger partial charge in [0.2, 0.25) is 0 Å². The molecule has 23 heavy (non-hydrogen) atoms. The molecule has 9 nitrogen and oxygen atoms in total. The molecule has 0 heterocycles. The van der Waals surface area contributed by atoms with Crippen molar-refractivity contribution in [2.24, 2.45) is 0 Å². The molecular weight excluding hydrogens is 308 g/mol. The van der Waals surface area contributed by atoms with E-state index in [-0.39, 0.29) is 6.42 Å². The van der Waals surface area contributed by atoms with Gasteiger partial charge in [0.05, 0.1) is 0 Å². The monoisotopic (exact) mass is 342 g/mol. The maximum Gasteiger partial charge on any atom is 0.322 e. The van der Waals surface area contributed by atoms with E-state index in [1.54, 1.807) is 0 Å². The van der Waals surface area contributed by atoms with Crippen LogP contribution in [0.25, 0.3) is 0 Å². The lowest BCUT2D eigenvalue weighted by molar-refractivity contribution is -0.315. The molecule has 0 aliphatic heterocycles. The number of hydrogen-bond donors (Lipinski definition) is 7. The molecule has 0 saturated carbocycles. The Morgan fingerprint density at radius 2 is 1.39 bits per heavy atom. The third kappa shape index (κ3) is 26.3. The molecule has 0 rings (SSSR count). The van der Waals surface area contributed by atoms with Crippen molar-refractivity contribution in [3.63, 3.8) is 0 Å². The largest absolute Gasteiger partial charge is 0.376 e. The predicted molar refractivity (Wildman–Crippen MR) is 85.7 cm³/mol. The summed E-state index contributed by atoms with van der Waals surface area (Å²) in [5.74, 6) is -2.45. The molecule has 9 heteroatoms. The number of hydrogen-bond acceptors (Lipinski definition) is 7. The van der Waals surface area contributed by atoms with Crippen LogP contribution in [0.15, 0.2) is 0 Å².